The van der Waals surface area contributed by atoms with E-state index in [2.05, 4.69) is 38.8 Å². The maximum absolute atomic E-state index is 14.2. The molecule has 0 bridgehead atoms. The minimum atomic E-state index is -2.42. The topological polar surface area (TPSA) is 112 Å². The average Bonchev–Trinajstić information content (AvgIpc) is 3.42. The first-order valence-electron chi connectivity index (χ1n) is 15.9. The van der Waals surface area contributed by atoms with Gasteiger partial charge in [-0.15, -0.1) is 0 Å². The van der Waals surface area contributed by atoms with Crippen LogP contribution in [0.15, 0.2) is 94.6 Å². The first-order valence-corrected chi connectivity index (χ1v) is 18.8. The van der Waals surface area contributed by atoms with Gasteiger partial charge in [0.1, 0.15) is 17.6 Å². The number of nitrogens with zero attached hydrogens (tertiary/aromatic N) is 1. The highest BCUT2D eigenvalue weighted by Gasteiger charge is 2.64. The highest BCUT2D eigenvalue weighted by Crippen LogP contribution is 2.58. The molecule has 0 aliphatic carbocycles. The number of rotatable bonds is 10. The highest BCUT2D eigenvalue weighted by atomic mass is 28.4. The summed E-state index contributed by atoms with van der Waals surface area (Å²) in [5.74, 6) is 1.33. The van der Waals surface area contributed by atoms with Gasteiger partial charge in [0.05, 0.1) is 32.3 Å². The molecule has 1 aliphatic rings. The minimum Gasteiger partial charge on any atom is -0.497 e. The molecule has 1 fully saturated rings. The van der Waals surface area contributed by atoms with Crippen molar-refractivity contribution in [3.8, 4) is 11.5 Å². The van der Waals surface area contributed by atoms with Crippen molar-refractivity contribution in [1.82, 2.24) is 9.55 Å². The number of hydrogen-bond acceptors (Lipinski definition) is 7. The fourth-order valence-electron chi connectivity index (χ4n) is 6.57. The maximum Gasteiger partial charge on any atom is 0.330 e. The number of aliphatic hydroxyl groups is 1. The van der Waals surface area contributed by atoms with Gasteiger partial charge in [-0.25, -0.2) is 4.79 Å². The van der Waals surface area contributed by atoms with Crippen LogP contribution in [0.1, 0.15) is 49.4 Å². The van der Waals surface area contributed by atoms with Crippen LogP contribution in [0, 0.1) is 6.92 Å². The molecular weight excluding hydrogens is 613 g/mol. The Morgan fingerprint density at radius 2 is 1.40 bits per heavy atom. The molecule has 0 saturated carbocycles. The van der Waals surface area contributed by atoms with Crippen LogP contribution in [0.2, 0.25) is 18.1 Å². The summed E-state index contributed by atoms with van der Waals surface area (Å²) in [6.07, 6.45) is 0.375. The number of aromatic nitrogens is 2. The van der Waals surface area contributed by atoms with Crippen molar-refractivity contribution < 1.29 is 23.7 Å². The Morgan fingerprint density at radius 3 is 1.87 bits per heavy atom. The summed E-state index contributed by atoms with van der Waals surface area (Å²) in [5, 5.41) is 10.8. The smallest absolute Gasteiger partial charge is 0.330 e. The summed E-state index contributed by atoms with van der Waals surface area (Å²) < 4.78 is 26.8. The van der Waals surface area contributed by atoms with Crippen LogP contribution in [0.5, 0.6) is 11.5 Å². The minimum absolute atomic E-state index is 0.133. The number of hydrogen-bond donors (Lipinski definition) is 2. The summed E-state index contributed by atoms with van der Waals surface area (Å²) in [6, 6.07) is 25.3. The molecule has 5 rings (SSSR count). The molecule has 3 aromatic carbocycles. The van der Waals surface area contributed by atoms with E-state index < -0.39 is 42.9 Å². The normalized spacial score (nSPS) is 20.3. The molecule has 47 heavy (non-hydrogen) atoms. The van der Waals surface area contributed by atoms with Crippen molar-refractivity contribution in [1.29, 1.82) is 0 Å². The van der Waals surface area contributed by atoms with Crippen molar-refractivity contribution >= 4 is 8.32 Å². The van der Waals surface area contributed by atoms with Crippen LogP contribution >= 0.6 is 0 Å². The van der Waals surface area contributed by atoms with Gasteiger partial charge in [-0.3, -0.25) is 14.3 Å². The van der Waals surface area contributed by atoms with Gasteiger partial charge < -0.3 is 23.7 Å². The molecule has 1 aromatic heterocycles. The standard InChI is InChI=1S/C37H46N2O7Si/c1-25-23-39(34(42)38-33(25)41)36(22-31(32(24-40)45-36)46-47(7,8)35(2,3)4)37(26-12-10-9-11-13-26,27-14-18-29(43-5)19-15-27)28-16-20-30(44-6)21-17-28/h9-21,23,31-32,40H,22,24H2,1-8H3,(H,38,41,42)/t31-,32+,36-/m0/s1. The number of benzene rings is 3. The quantitative estimate of drug-likeness (QED) is 0.166. The third-order valence-electron chi connectivity index (χ3n) is 10.0. The van der Waals surface area contributed by atoms with Crippen LogP contribution in [-0.4, -0.2) is 56.0 Å². The van der Waals surface area contributed by atoms with Gasteiger partial charge in [-0.05, 0) is 66.0 Å². The van der Waals surface area contributed by atoms with E-state index in [0.717, 1.165) is 16.7 Å². The molecule has 10 heteroatoms. The van der Waals surface area contributed by atoms with E-state index in [-0.39, 0.29) is 18.1 Å². The summed E-state index contributed by atoms with van der Waals surface area (Å²) in [5.41, 5.74) is -1.13. The van der Waals surface area contributed by atoms with Crippen molar-refractivity contribution in [3.63, 3.8) is 0 Å². The van der Waals surface area contributed by atoms with E-state index in [1.165, 1.54) is 4.57 Å². The van der Waals surface area contributed by atoms with Gasteiger partial charge in [0.25, 0.3) is 5.56 Å². The number of methoxy groups -OCH3 is 2. The summed E-state index contributed by atoms with van der Waals surface area (Å²) in [7, 11) is 0.810. The second kappa shape index (κ2) is 12.9. The first-order chi connectivity index (χ1) is 22.2. The zero-order chi connectivity index (χ0) is 34.2. The highest BCUT2D eigenvalue weighted by molar-refractivity contribution is 6.74. The van der Waals surface area contributed by atoms with Gasteiger partial charge in [-0.1, -0.05) is 75.4 Å². The van der Waals surface area contributed by atoms with Gasteiger partial charge in [0.15, 0.2) is 14.0 Å². The fraction of sp³-hybridized carbons (Fsp3) is 0.405. The fourth-order valence-corrected chi connectivity index (χ4v) is 7.91. The van der Waals surface area contributed by atoms with E-state index >= 15 is 0 Å². The molecule has 0 radical (unpaired) electrons. The number of H-pyrrole nitrogens is 1. The Morgan fingerprint density at radius 1 is 0.894 bits per heavy atom. The molecule has 3 atom stereocenters. The number of aryl methyl sites for hydroxylation is 1. The molecule has 2 N–H and O–H groups in total. The van der Waals surface area contributed by atoms with E-state index in [1.807, 2.05) is 78.9 Å². The van der Waals surface area contributed by atoms with Crippen LogP contribution < -0.4 is 20.7 Å². The molecule has 0 spiro atoms. The van der Waals surface area contributed by atoms with Gasteiger partial charge in [0.2, 0.25) is 0 Å². The second-order valence-corrected chi connectivity index (χ2v) is 18.5. The number of nitrogens with one attached hydrogen (secondary N) is 1. The zero-order valence-electron chi connectivity index (χ0n) is 28.5. The summed E-state index contributed by atoms with van der Waals surface area (Å²) >= 11 is 0. The third-order valence-corrected chi connectivity index (χ3v) is 14.5. The van der Waals surface area contributed by atoms with Gasteiger partial charge >= 0.3 is 5.69 Å². The van der Waals surface area contributed by atoms with Crippen LogP contribution in [0.3, 0.4) is 0 Å². The third kappa shape index (κ3) is 5.88. The van der Waals surface area contributed by atoms with E-state index in [0.29, 0.717) is 17.1 Å². The monoisotopic (exact) mass is 658 g/mol. The molecule has 250 valence electrons. The van der Waals surface area contributed by atoms with Crippen molar-refractivity contribution in [2.75, 3.05) is 20.8 Å². The average molecular weight is 659 g/mol. The Balaban J connectivity index is 1.96. The Labute approximate surface area is 277 Å². The van der Waals surface area contributed by atoms with Crippen LogP contribution in [0.25, 0.3) is 0 Å². The largest absolute Gasteiger partial charge is 0.497 e. The number of ether oxygens (including phenoxy) is 3. The van der Waals surface area contributed by atoms with Crippen LogP contribution in [0.4, 0.5) is 0 Å². The number of aromatic amines is 1. The molecular formula is C37H46N2O7Si. The SMILES string of the molecule is COc1ccc(C(c2ccccc2)(c2ccc(OC)cc2)[C@]2(n3cc(C)c(=O)[nH]c3=O)C[C@H](O[Si](C)(C)C(C)(C)C)[C@@H](CO)O2)cc1. The molecule has 4 aromatic rings. The van der Waals surface area contributed by atoms with Gasteiger partial charge in [-0.2, -0.15) is 0 Å². The lowest BCUT2D eigenvalue weighted by molar-refractivity contribution is -0.147. The molecule has 0 unspecified atom stereocenters. The predicted molar refractivity (Wildman–Crippen MR) is 185 cm³/mol. The Hall–Kier alpha value is -3.96. The maximum atomic E-state index is 14.2. The second-order valence-electron chi connectivity index (χ2n) is 13.8. The van der Waals surface area contributed by atoms with Crippen molar-refractivity contribution in [2.45, 2.75) is 75.6 Å². The number of aliphatic hydroxyl groups excluding tert-OH is 1. The van der Waals surface area contributed by atoms with E-state index in [9.17, 15) is 14.7 Å². The molecule has 1 saturated heterocycles. The lowest BCUT2D eigenvalue weighted by Gasteiger charge is -2.50. The van der Waals surface area contributed by atoms with Crippen molar-refractivity contribution in [3.05, 3.63) is 128 Å². The summed E-state index contributed by atoms with van der Waals surface area (Å²) in [4.78, 5) is 29.5. The Bertz CT molecular complexity index is 1750. The summed E-state index contributed by atoms with van der Waals surface area (Å²) in [6.45, 7) is 12.1. The Kier molecular flexibility index (Phi) is 9.45. The molecule has 9 nitrogen and oxygen atoms in total. The van der Waals surface area contributed by atoms with E-state index in [1.54, 1.807) is 27.3 Å². The molecule has 2 heterocycles. The van der Waals surface area contributed by atoms with E-state index in [4.69, 9.17) is 18.6 Å². The lowest BCUT2D eigenvalue weighted by Crippen LogP contribution is -2.59. The van der Waals surface area contributed by atoms with Crippen molar-refractivity contribution in [2.24, 2.45) is 0 Å². The predicted octanol–water partition coefficient (Wildman–Crippen LogP) is 5.72. The molecule has 0 amide bonds. The van der Waals surface area contributed by atoms with Crippen LogP contribution in [-0.2, 0) is 20.3 Å². The molecule has 1 aliphatic heterocycles. The zero-order valence-corrected chi connectivity index (χ0v) is 29.5. The van der Waals surface area contributed by atoms with Gasteiger partial charge in [0, 0.05) is 18.2 Å². The lowest BCUT2D eigenvalue weighted by atomic mass is 9.61. The first kappa shape index (κ1) is 34.4.